The topological polar surface area (TPSA) is 42.9 Å². The largest absolute Gasteiger partial charge is 0.293 e. The van der Waals surface area contributed by atoms with E-state index in [0.29, 0.717) is 0 Å². The molecule has 0 amide bonds. The molecule has 4 aromatic rings. The lowest BCUT2D eigenvalue weighted by atomic mass is 10.0. The van der Waals surface area contributed by atoms with E-state index in [0.717, 1.165) is 32.8 Å². The lowest BCUT2D eigenvalue weighted by molar-refractivity contribution is 0.0994. The molecule has 0 saturated carbocycles. The first-order valence-corrected chi connectivity index (χ1v) is 13.1. The van der Waals surface area contributed by atoms with Gasteiger partial charge in [0.25, 0.3) is 0 Å². The Labute approximate surface area is 194 Å². The van der Waals surface area contributed by atoms with Gasteiger partial charge in [-0.1, -0.05) is 89.5 Å². The van der Waals surface area contributed by atoms with Crippen LogP contribution in [0.25, 0.3) is 10.8 Å². The monoisotopic (exact) mass is 462 g/mol. The van der Waals surface area contributed by atoms with Crippen LogP contribution in [0, 0.1) is 0 Å². The number of carbonyl (C=O) groups is 1. The first-order chi connectivity index (χ1) is 15.2. The summed E-state index contributed by atoms with van der Waals surface area (Å²) in [5, 5.41) is 11.0. The fourth-order valence-electron chi connectivity index (χ4n) is 4.03. The summed E-state index contributed by atoms with van der Waals surface area (Å²) in [4.78, 5) is 12.9. The van der Waals surface area contributed by atoms with Gasteiger partial charge in [0.1, 0.15) is 0 Å². The Morgan fingerprint density at radius 2 is 1.81 bits per heavy atom. The highest BCUT2D eigenvalue weighted by molar-refractivity contribution is 8.03. The number of aromatic nitrogens is 2. The van der Waals surface area contributed by atoms with Gasteiger partial charge in [0.15, 0.2) is 14.5 Å². The molecule has 3 aromatic carbocycles. The van der Waals surface area contributed by atoms with Gasteiger partial charge in [-0.15, -0.1) is 10.2 Å². The third kappa shape index (κ3) is 4.56. The Balaban J connectivity index is 1.23. The molecule has 0 unspecified atom stereocenters. The number of aryl methyl sites for hydroxylation is 2. The molecule has 6 heteroatoms. The van der Waals surface area contributed by atoms with Gasteiger partial charge in [-0.3, -0.25) is 4.79 Å². The van der Waals surface area contributed by atoms with Crippen molar-refractivity contribution in [2.75, 3.05) is 0 Å². The molecule has 31 heavy (non-hydrogen) atoms. The van der Waals surface area contributed by atoms with Crippen LogP contribution in [0.15, 0.2) is 69.3 Å². The van der Waals surface area contributed by atoms with Crippen LogP contribution in [0.3, 0.4) is 0 Å². The maximum atomic E-state index is 12.9. The summed E-state index contributed by atoms with van der Waals surface area (Å²) in [7, 11) is 0. The maximum Gasteiger partial charge on any atom is 0.175 e. The number of benzene rings is 3. The summed E-state index contributed by atoms with van der Waals surface area (Å²) in [6.07, 6.45) is 3.42. The highest BCUT2D eigenvalue weighted by atomic mass is 32.2. The first-order valence-electron chi connectivity index (χ1n) is 10.4. The molecule has 5 rings (SSSR count). The standard InChI is InChI=1S/C25H22N2OS3/c1-16(23(28)20-13-12-17-7-4-9-19(17)14-20)30-25-27-26-24(31-25)29-15-21-10-5-8-18-6-2-3-11-22(18)21/h2-3,5-6,8,10-14,16H,4,7,9,15H2,1H3/t16-/m0/s1. The first kappa shape index (κ1) is 20.7. The zero-order valence-corrected chi connectivity index (χ0v) is 19.7. The number of carbonyl (C=O) groups excluding carboxylic acids is 1. The summed E-state index contributed by atoms with van der Waals surface area (Å²) in [6, 6.07) is 21.1. The van der Waals surface area contributed by atoms with Crippen LogP contribution in [-0.4, -0.2) is 21.2 Å². The minimum absolute atomic E-state index is 0.167. The Morgan fingerprint density at radius 1 is 1.00 bits per heavy atom. The van der Waals surface area contributed by atoms with Crippen molar-refractivity contribution >= 4 is 51.4 Å². The number of nitrogens with zero attached hydrogens (tertiary/aromatic N) is 2. The highest BCUT2D eigenvalue weighted by Crippen LogP contribution is 2.35. The molecule has 156 valence electrons. The van der Waals surface area contributed by atoms with E-state index in [4.69, 9.17) is 0 Å². The third-order valence-corrected chi connectivity index (χ3v) is 8.94. The summed E-state index contributed by atoms with van der Waals surface area (Å²) in [5.74, 6) is 1.02. The number of Topliss-reactive ketones (excluding diaryl/α,β-unsaturated/α-hetero) is 1. The van der Waals surface area contributed by atoms with E-state index in [1.165, 1.54) is 45.6 Å². The van der Waals surface area contributed by atoms with E-state index in [2.05, 4.69) is 64.8 Å². The van der Waals surface area contributed by atoms with Crippen molar-refractivity contribution in [2.45, 2.75) is 45.9 Å². The molecule has 1 aliphatic carbocycles. The second kappa shape index (κ2) is 9.15. The lowest BCUT2D eigenvalue weighted by Gasteiger charge is -2.09. The van der Waals surface area contributed by atoms with Gasteiger partial charge in [-0.2, -0.15) is 0 Å². The summed E-state index contributed by atoms with van der Waals surface area (Å²) in [6.45, 7) is 1.96. The quantitative estimate of drug-likeness (QED) is 0.222. The molecular formula is C25H22N2OS3. The Morgan fingerprint density at radius 3 is 2.74 bits per heavy atom. The summed E-state index contributed by atoms with van der Waals surface area (Å²) in [5.41, 5.74) is 4.85. The zero-order chi connectivity index (χ0) is 21.2. The fraction of sp³-hybridized carbons (Fsp3) is 0.240. The van der Waals surface area contributed by atoms with Crippen LogP contribution in [0.5, 0.6) is 0 Å². The van der Waals surface area contributed by atoms with E-state index >= 15 is 0 Å². The smallest absolute Gasteiger partial charge is 0.175 e. The second-order valence-electron chi connectivity index (χ2n) is 7.72. The molecule has 0 radical (unpaired) electrons. The van der Waals surface area contributed by atoms with Gasteiger partial charge in [0.05, 0.1) is 5.25 Å². The van der Waals surface area contributed by atoms with Gasteiger partial charge in [0, 0.05) is 11.3 Å². The molecule has 0 spiro atoms. The van der Waals surface area contributed by atoms with Crippen LogP contribution in [0.1, 0.15) is 40.4 Å². The lowest BCUT2D eigenvalue weighted by Crippen LogP contribution is -2.13. The minimum Gasteiger partial charge on any atom is -0.293 e. The molecule has 0 aliphatic heterocycles. The number of hydrogen-bond acceptors (Lipinski definition) is 6. The molecule has 0 saturated heterocycles. The van der Waals surface area contributed by atoms with E-state index in [1.807, 2.05) is 13.0 Å². The van der Waals surface area contributed by atoms with Crippen molar-refractivity contribution in [3.63, 3.8) is 0 Å². The predicted octanol–water partition coefficient (Wildman–Crippen LogP) is 6.84. The zero-order valence-electron chi connectivity index (χ0n) is 17.2. The van der Waals surface area contributed by atoms with Crippen molar-refractivity contribution in [2.24, 2.45) is 0 Å². The van der Waals surface area contributed by atoms with Crippen molar-refractivity contribution in [1.29, 1.82) is 0 Å². The molecule has 1 atom stereocenters. The van der Waals surface area contributed by atoms with Gasteiger partial charge < -0.3 is 0 Å². The van der Waals surface area contributed by atoms with E-state index < -0.39 is 0 Å². The van der Waals surface area contributed by atoms with Crippen molar-refractivity contribution in [1.82, 2.24) is 10.2 Å². The molecule has 0 N–H and O–H groups in total. The summed E-state index contributed by atoms with van der Waals surface area (Å²) >= 11 is 4.78. The van der Waals surface area contributed by atoms with E-state index in [1.54, 1.807) is 23.1 Å². The molecular weight excluding hydrogens is 440 g/mol. The molecule has 0 fully saturated rings. The predicted molar refractivity (Wildman–Crippen MR) is 132 cm³/mol. The average molecular weight is 463 g/mol. The fourth-order valence-corrected chi connectivity index (χ4v) is 7.27. The number of fused-ring (bicyclic) bond motifs is 2. The molecule has 1 aliphatic rings. The van der Waals surface area contributed by atoms with E-state index in [-0.39, 0.29) is 11.0 Å². The molecule has 0 bridgehead atoms. The van der Waals surface area contributed by atoms with Crippen LogP contribution in [0.2, 0.25) is 0 Å². The van der Waals surface area contributed by atoms with Crippen LogP contribution in [-0.2, 0) is 18.6 Å². The van der Waals surface area contributed by atoms with Crippen LogP contribution in [0.4, 0.5) is 0 Å². The summed E-state index contributed by atoms with van der Waals surface area (Å²) < 4.78 is 1.79. The number of hydrogen-bond donors (Lipinski definition) is 0. The number of rotatable bonds is 7. The van der Waals surface area contributed by atoms with Gasteiger partial charge in [-0.25, -0.2) is 0 Å². The van der Waals surface area contributed by atoms with Crippen molar-refractivity contribution < 1.29 is 4.79 Å². The Hall–Kier alpha value is -2.15. The Kier molecular flexibility index (Phi) is 6.12. The van der Waals surface area contributed by atoms with E-state index in [9.17, 15) is 4.79 Å². The highest BCUT2D eigenvalue weighted by Gasteiger charge is 2.21. The van der Waals surface area contributed by atoms with Crippen LogP contribution < -0.4 is 0 Å². The molecule has 1 heterocycles. The SMILES string of the molecule is C[C@H](Sc1nnc(SCc2cccc3ccccc23)s1)C(=O)c1ccc2c(c1)CCC2. The van der Waals surface area contributed by atoms with Gasteiger partial charge >= 0.3 is 0 Å². The molecule has 3 nitrogen and oxygen atoms in total. The third-order valence-electron chi connectivity index (χ3n) is 5.65. The normalized spacial score (nSPS) is 14.0. The number of ketones is 1. The van der Waals surface area contributed by atoms with Crippen molar-refractivity contribution in [3.8, 4) is 0 Å². The van der Waals surface area contributed by atoms with Crippen LogP contribution >= 0.6 is 34.9 Å². The average Bonchev–Trinajstić information content (AvgIpc) is 3.45. The minimum atomic E-state index is -0.177. The van der Waals surface area contributed by atoms with Gasteiger partial charge in [0.2, 0.25) is 0 Å². The second-order valence-corrected chi connectivity index (χ2v) is 11.5. The maximum absolute atomic E-state index is 12.9. The number of thioether (sulfide) groups is 2. The molecule has 1 aromatic heterocycles. The van der Waals surface area contributed by atoms with Gasteiger partial charge in [-0.05, 0) is 59.7 Å². The Bertz CT molecular complexity index is 1250. The van der Waals surface area contributed by atoms with Crippen molar-refractivity contribution in [3.05, 3.63) is 82.9 Å².